The number of fused-ring (bicyclic) bond motifs is 1. The fourth-order valence-electron chi connectivity index (χ4n) is 4.57. The number of benzene rings is 2. The van der Waals surface area contributed by atoms with Crippen molar-refractivity contribution in [1.29, 1.82) is 0 Å². The predicted molar refractivity (Wildman–Crippen MR) is 105 cm³/mol. The van der Waals surface area contributed by atoms with Crippen molar-refractivity contribution in [2.45, 2.75) is 17.9 Å². The number of likely N-dealkylation sites (tertiary alicyclic amines) is 1. The van der Waals surface area contributed by atoms with Crippen LogP contribution in [-0.4, -0.2) is 50.3 Å². The van der Waals surface area contributed by atoms with Gasteiger partial charge in [0, 0.05) is 32.5 Å². The van der Waals surface area contributed by atoms with Gasteiger partial charge in [-0.3, -0.25) is 4.79 Å². The van der Waals surface area contributed by atoms with E-state index in [0.717, 1.165) is 5.56 Å². The van der Waals surface area contributed by atoms with Crippen LogP contribution in [0, 0.1) is 11.8 Å². The highest BCUT2D eigenvalue weighted by molar-refractivity contribution is 7.89. The van der Waals surface area contributed by atoms with Crippen molar-refractivity contribution in [3.05, 3.63) is 60.2 Å². The quantitative estimate of drug-likeness (QED) is 0.791. The molecule has 0 aliphatic carbocycles. The lowest BCUT2D eigenvalue weighted by Crippen LogP contribution is -2.36. The number of para-hydroxylation sites is 1. The van der Waals surface area contributed by atoms with Gasteiger partial charge in [0.2, 0.25) is 15.9 Å². The minimum Gasteiger partial charge on any atom is -0.495 e. The van der Waals surface area contributed by atoms with Crippen LogP contribution in [0.5, 0.6) is 5.75 Å². The highest BCUT2D eigenvalue weighted by Crippen LogP contribution is 2.46. The molecule has 7 heteroatoms. The molecule has 2 aromatic rings. The number of methoxy groups -OCH3 is 1. The smallest absolute Gasteiger partial charge is 0.246 e. The second kappa shape index (κ2) is 7.22. The monoisotopic (exact) mass is 400 g/mol. The number of sulfonamides is 1. The number of hydrogen-bond donors (Lipinski definition) is 0. The van der Waals surface area contributed by atoms with E-state index >= 15 is 0 Å². The third-order valence-electron chi connectivity index (χ3n) is 5.86. The van der Waals surface area contributed by atoms with Crippen LogP contribution >= 0.6 is 0 Å². The average Bonchev–Trinajstić information content (AvgIpc) is 3.27. The molecule has 0 spiro atoms. The van der Waals surface area contributed by atoms with Gasteiger partial charge in [0.1, 0.15) is 10.6 Å². The molecule has 0 saturated carbocycles. The molecule has 2 aliphatic heterocycles. The summed E-state index contributed by atoms with van der Waals surface area (Å²) in [6.07, 6.45) is 0. The van der Waals surface area contributed by atoms with Gasteiger partial charge in [0.25, 0.3) is 0 Å². The molecule has 6 nitrogen and oxygen atoms in total. The molecule has 2 aliphatic rings. The standard InChI is InChI=1S/C21H24N2O4S/c1-15(24)23-13-17-12-22(14-18(17)21(23)16-8-4-3-5-9-16)28(25,26)20-11-7-6-10-19(20)27-2/h3-11,17-18,21H,12-14H2,1-2H3/t17-,18-,21+/m1/s1. The highest BCUT2D eigenvalue weighted by Gasteiger charge is 2.51. The predicted octanol–water partition coefficient (Wildman–Crippen LogP) is 2.54. The molecule has 148 valence electrons. The van der Waals surface area contributed by atoms with Crippen LogP contribution in [-0.2, 0) is 14.8 Å². The molecule has 4 rings (SSSR count). The summed E-state index contributed by atoms with van der Waals surface area (Å²) in [5.41, 5.74) is 1.06. The Morgan fingerprint density at radius 1 is 1.00 bits per heavy atom. The summed E-state index contributed by atoms with van der Waals surface area (Å²) in [6.45, 7) is 2.98. The Morgan fingerprint density at radius 3 is 2.36 bits per heavy atom. The summed E-state index contributed by atoms with van der Waals surface area (Å²) in [6, 6.07) is 16.5. The summed E-state index contributed by atoms with van der Waals surface area (Å²) >= 11 is 0. The van der Waals surface area contributed by atoms with Gasteiger partial charge in [-0.25, -0.2) is 8.42 Å². The second-order valence-corrected chi connectivity index (χ2v) is 9.33. The number of carbonyl (C=O) groups is 1. The fraction of sp³-hybridized carbons (Fsp3) is 0.381. The van der Waals surface area contributed by atoms with Gasteiger partial charge in [0.15, 0.2) is 0 Å². The van der Waals surface area contributed by atoms with Crippen LogP contribution in [0.3, 0.4) is 0 Å². The number of amides is 1. The lowest BCUT2D eigenvalue weighted by Gasteiger charge is -2.29. The van der Waals surface area contributed by atoms with Gasteiger partial charge >= 0.3 is 0 Å². The van der Waals surface area contributed by atoms with Crippen molar-refractivity contribution < 1.29 is 17.9 Å². The summed E-state index contributed by atoms with van der Waals surface area (Å²) in [4.78, 5) is 14.3. The fourth-order valence-corrected chi connectivity index (χ4v) is 6.26. The van der Waals surface area contributed by atoms with Crippen molar-refractivity contribution in [1.82, 2.24) is 9.21 Å². The Balaban J connectivity index is 1.65. The Morgan fingerprint density at radius 2 is 1.68 bits per heavy atom. The van der Waals surface area contributed by atoms with Crippen LogP contribution in [0.15, 0.2) is 59.5 Å². The first-order chi connectivity index (χ1) is 13.4. The largest absolute Gasteiger partial charge is 0.495 e. The van der Waals surface area contributed by atoms with E-state index in [1.807, 2.05) is 35.2 Å². The molecule has 1 amide bonds. The molecule has 2 heterocycles. The van der Waals surface area contributed by atoms with Crippen molar-refractivity contribution in [3.8, 4) is 5.75 Å². The van der Waals surface area contributed by atoms with Crippen molar-refractivity contribution in [3.63, 3.8) is 0 Å². The normalized spacial score (nSPS) is 24.9. The van der Waals surface area contributed by atoms with Crippen LogP contribution in [0.25, 0.3) is 0 Å². The van der Waals surface area contributed by atoms with Gasteiger partial charge in [-0.05, 0) is 23.6 Å². The van der Waals surface area contributed by atoms with Crippen molar-refractivity contribution in [2.24, 2.45) is 11.8 Å². The first kappa shape index (κ1) is 19.0. The topological polar surface area (TPSA) is 66.9 Å². The second-order valence-electron chi connectivity index (χ2n) is 7.42. The molecule has 3 atom stereocenters. The van der Waals surface area contributed by atoms with Gasteiger partial charge in [0.05, 0.1) is 13.2 Å². The summed E-state index contributed by atoms with van der Waals surface area (Å²) in [7, 11) is -2.19. The molecule has 0 N–H and O–H groups in total. The molecule has 0 radical (unpaired) electrons. The molecule has 2 fully saturated rings. The molecular formula is C21H24N2O4S. The van der Waals surface area contributed by atoms with Crippen molar-refractivity contribution >= 4 is 15.9 Å². The van der Waals surface area contributed by atoms with Gasteiger partial charge in [-0.1, -0.05) is 42.5 Å². The molecule has 2 saturated heterocycles. The number of ether oxygens (including phenoxy) is 1. The Kier molecular flexibility index (Phi) is 4.89. The average molecular weight is 401 g/mol. The number of carbonyl (C=O) groups excluding carboxylic acids is 1. The van der Waals surface area contributed by atoms with E-state index < -0.39 is 10.0 Å². The zero-order valence-electron chi connectivity index (χ0n) is 16.0. The maximum atomic E-state index is 13.3. The molecule has 2 aromatic carbocycles. The maximum Gasteiger partial charge on any atom is 0.246 e. The van der Waals surface area contributed by atoms with E-state index in [0.29, 0.717) is 25.4 Å². The third kappa shape index (κ3) is 3.08. The highest BCUT2D eigenvalue weighted by atomic mass is 32.2. The van der Waals surface area contributed by atoms with Crippen LogP contribution in [0.2, 0.25) is 0 Å². The Hall–Kier alpha value is -2.38. The number of rotatable bonds is 4. The van der Waals surface area contributed by atoms with Gasteiger partial charge < -0.3 is 9.64 Å². The van der Waals surface area contributed by atoms with E-state index in [1.54, 1.807) is 35.5 Å². The van der Waals surface area contributed by atoms with Crippen molar-refractivity contribution in [2.75, 3.05) is 26.7 Å². The lowest BCUT2D eigenvalue weighted by molar-refractivity contribution is -0.130. The Labute approximate surface area is 165 Å². The molecular weight excluding hydrogens is 376 g/mol. The van der Waals surface area contributed by atoms with Gasteiger partial charge in [-0.2, -0.15) is 4.31 Å². The SMILES string of the molecule is COc1ccccc1S(=O)(=O)N1C[C@@H]2CN(C(C)=O)[C@@H](c3ccccc3)[C@@H]2C1. The summed E-state index contributed by atoms with van der Waals surface area (Å²) in [5, 5.41) is 0. The van der Waals surface area contributed by atoms with Crippen LogP contribution < -0.4 is 4.74 Å². The van der Waals surface area contributed by atoms with Gasteiger partial charge in [-0.15, -0.1) is 0 Å². The van der Waals surface area contributed by atoms with Crippen LogP contribution in [0.1, 0.15) is 18.5 Å². The lowest BCUT2D eigenvalue weighted by atomic mass is 9.89. The van der Waals surface area contributed by atoms with E-state index in [2.05, 4.69) is 0 Å². The first-order valence-corrected chi connectivity index (χ1v) is 10.8. The summed E-state index contributed by atoms with van der Waals surface area (Å²) < 4.78 is 33.4. The van der Waals surface area contributed by atoms with E-state index in [-0.39, 0.29) is 28.7 Å². The first-order valence-electron chi connectivity index (χ1n) is 9.39. The van der Waals surface area contributed by atoms with E-state index in [4.69, 9.17) is 4.74 Å². The number of hydrogen-bond acceptors (Lipinski definition) is 4. The summed E-state index contributed by atoms with van der Waals surface area (Å²) in [5.74, 6) is 0.585. The number of nitrogens with zero attached hydrogens (tertiary/aromatic N) is 2. The third-order valence-corrected chi connectivity index (χ3v) is 7.73. The minimum absolute atomic E-state index is 0.0300. The van der Waals surface area contributed by atoms with E-state index in [9.17, 15) is 13.2 Å². The molecule has 0 unspecified atom stereocenters. The molecule has 0 bridgehead atoms. The zero-order chi connectivity index (χ0) is 19.9. The zero-order valence-corrected chi connectivity index (χ0v) is 16.8. The van der Waals surface area contributed by atoms with Crippen LogP contribution in [0.4, 0.5) is 0 Å². The molecule has 0 aromatic heterocycles. The molecule has 28 heavy (non-hydrogen) atoms. The minimum atomic E-state index is -3.66. The van der Waals surface area contributed by atoms with E-state index in [1.165, 1.54) is 7.11 Å². The Bertz CT molecular complexity index is 977. The maximum absolute atomic E-state index is 13.3.